The van der Waals surface area contributed by atoms with E-state index in [4.69, 9.17) is 0 Å². The first kappa shape index (κ1) is 17.0. The van der Waals surface area contributed by atoms with Crippen LogP contribution in [0.1, 0.15) is 34.7 Å². The lowest BCUT2D eigenvalue weighted by Crippen LogP contribution is -2.31. The molecule has 0 aliphatic carbocycles. The smallest absolute Gasteiger partial charge is 0.252 e. The molecule has 2 aromatic heterocycles. The second-order valence-corrected chi connectivity index (χ2v) is 6.32. The third kappa shape index (κ3) is 3.19. The number of nitrogens with one attached hydrogen (secondary N) is 1. The highest BCUT2D eigenvalue weighted by Gasteiger charge is 2.21. The summed E-state index contributed by atoms with van der Waals surface area (Å²) in [5.41, 5.74) is 3.13. The number of rotatable bonds is 5. The van der Waals surface area contributed by atoms with Gasteiger partial charge < -0.3 is 9.88 Å². The van der Waals surface area contributed by atoms with Gasteiger partial charge in [-0.05, 0) is 30.7 Å². The standard InChI is InChI=1S/C20H20N6O/c1-3-26-17-10-9-15(13-16(17)23-24-26)20(27)22-18(14-7-5-4-6-8-14)19-21-11-12-25(19)2/h4-13,18H,3H2,1-2H3,(H,22,27)/t18-/m1/s1. The van der Waals surface area contributed by atoms with E-state index in [1.54, 1.807) is 23.0 Å². The Balaban J connectivity index is 1.67. The number of aromatic nitrogens is 5. The van der Waals surface area contributed by atoms with Gasteiger partial charge in [-0.2, -0.15) is 0 Å². The van der Waals surface area contributed by atoms with Crippen LogP contribution in [0.2, 0.25) is 0 Å². The molecule has 0 unspecified atom stereocenters. The molecule has 0 bridgehead atoms. The summed E-state index contributed by atoms with van der Waals surface area (Å²) in [4.78, 5) is 17.4. The van der Waals surface area contributed by atoms with Crippen molar-refractivity contribution in [3.05, 3.63) is 77.9 Å². The molecule has 4 rings (SSSR count). The summed E-state index contributed by atoms with van der Waals surface area (Å²) in [5.74, 6) is 0.590. The van der Waals surface area contributed by atoms with Gasteiger partial charge in [-0.1, -0.05) is 35.5 Å². The van der Waals surface area contributed by atoms with E-state index >= 15 is 0 Å². The SMILES string of the molecule is CCn1nnc2cc(C(=O)N[C@H](c3ccccc3)c3nccn3C)ccc21. The highest BCUT2D eigenvalue weighted by Crippen LogP contribution is 2.21. The Kier molecular flexibility index (Phi) is 4.42. The van der Waals surface area contributed by atoms with E-state index in [-0.39, 0.29) is 11.9 Å². The zero-order valence-corrected chi connectivity index (χ0v) is 15.2. The van der Waals surface area contributed by atoms with Crippen molar-refractivity contribution < 1.29 is 4.79 Å². The minimum Gasteiger partial charge on any atom is -0.338 e. The van der Waals surface area contributed by atoms with Gasteiger partial charge in [0.15, 0.2) is 0 Å². The summed E-state index contributed by atoms with van der Waals surface area (Å²) in [6.07, 6.45) is 3.60. The number of carbonyl (C=O) groups excluding carboxylic acids is 1. The maximum Gasteiger partial charge on any atom is 0.252 e. The molecule has 7 heteroatoms. The Hall–Kier alpha value is -3.48. The van der Waals surface area contributed by atoms with E-state index in [9.17, 15) is 4.79 Å². The highest BCUT2D eigenvalue weighted by atomic mass is 16.1. The van der Waals surface area contributed by atoms with Gasteiger partial charge >= 0.3 is 0 Å². The summed E-state index contributed by atoms with van der Waals surface area (Å²) in [6.45, 7) is 2.74. The second-order valence-electron chi connectivity index (χ2n) is 6.32. The Morgan fingerprint density at radius 3 is 2.70 bits per heavy atom. The molecule has 0 aliphatic rings. The van der Waals surface area contributed by atoms with Crippen LogP contribution in [0, 0.1) is 0 Å². The number of amides is 1. The van der Waals surface area contributed by atoms with Crippen molar-refractivity contribution in [2.75, 3.05) is 0 Å². The zero-order chi connectivity index (χ0) is 18.8. The second kappa shape index (κ2) is 7.03. The van der Waals surface area contributed by atoms with Crippen LogP contribution < -0.4 is 5.32 Å². The number of hydrogen-bond acceptors (Lipinski definition) is 4. The quantitative estimate of drug-likeness (QED) is 0.594. The average Bonchev–Trinajstić information content (AvgIpc) is 3.31. The summed E-state index contributed by atoms with van der Waals surface area (Å²) in [5, 5.41) is 11.3. The molecule has 27 heavy (non-hydrogen) atoms. The van der Waals surface area contributed by atoms with E-state index in [0.29, 0.717) is 11.1 Å². The first-order valence-corrected chi connectivity index (χ1v) is 8.83. The van der Waals surface area contributed by atoms with Crippen LogP contribution in [0.5, 0.6) is 0 Å². The molecule has 4 aromatic rings. The van der Waals surface area contributed by atoms with Crippen molar-refractivity contribution in [3.8, 4) is 0 Å². The van der Waals surface area contributed by atoms with Gasteiger partial charge in [-0.3, -0.25) is 4.79 Å². The molecule has 2 aromatic carbocycles. The molecule has 1 atom stereocenters. The molecule has 2 heterocycles. The highest BCUT2D eigenvalue weighted by molar-refractivity contribution is 5.97. The Bertz CT molecular complexity index is 1080. The van der Waals surface area contributed by atoms with Crippen molar-refractivity contribution in [2.45, 2.75) is 19.5 Å². The van der Waals surface area contributed by atoms with E-state index in [0.717, 1.165) is 23.4 Å². The molecule has 7 nitrogen and oxygen atoms in total. The van der Waals surface area contributed by atoms with Crippen molar-refractivity contribution in [2.24, 2.45) is 7.05 Å². The molecule has 0 saturated heterocycles. The number of fused-ring (bicyclic) bond motifs is 1. The fourth-order valence-corrected chi connectivity index (χ4v) is 3.16. The van der Waals surface area contributed by atoms with Gasteiger partial charge in [0.2, 0.25) is 0 Å². The normalized spacial score (nSPS) is 12.2. The van der Waals surface area contributed by atoms with E-state index in [1.807, 2.05) is 61.1 Å². The van der Waals surface area contributed by atoms with Gasteiger partial charge in [-0.15, -0.1) is 5.10 Å². The first-order chi connectivity index (χ1) is 13.2. The Morgan fingerprint density at radius 1 is 1.19 bits per heavy atom. The largest absolute Gasteiger partial charge is 0.338 e. The monoisotopic (exact) mass is 360 g/mol. The number of benzene rings is 2. The van der Waals surface area contributed by atoms with Crippen LogP contribution in [0.3, 0.4) is 0 Å². The molecule has 0 aliphatic heterocycles. The van der Waals surface area contributed by atoms with Gasteiger partial charge in [0.05, 0.1) is 5.52 Å². The summed E-state index contributed by atoms with van der Waals surface area (Å²) >= 11 is 0. The van der Waals surface area contributed by atoms with Crippen molar-refractivity contribution in [1.82, 2.24) is 29.9 Å². The molecular formula is C20H20N6O. The maximum absolute atomic E-state index is 13.0. The molecule has 0 radical (unpaired) electrons. The van der Waals surface area contributed by atoms with Gasteiger partial charge in [-0.25, -0.2) is 9.67 Å². The topological polar surface area (TPSA) is 77.6 Å². The third-order valence-electron chi connectivity index (χ3n) is 4.60. The van der Waals surface area contributed by atoms with Crippen molar-refractivity contribution in [3.63, 3.8) is 0 Å². The summed E-state index contributed by atoms with van der Waals surface area (Å²) in [6, 6.07) is 14.9. The molecule has 0 saturated carbocycles. The lowest BCUT2D eigenvalue weighted by atomic mass is 10.1. The van der Waals surface area contributed by atoms with Gasteiger partial charge in [0.25, 0.3) is 5.91 Å². The van der Waals surface area contributed by atoms with Crippen molar-refractivity contribution in [1.29, 1.82) is 0 Å². The van der Waals surface area contributed by atoms with Crippen LogP contribution >= 0.6 is 0 Å². The molecule has 136 valence electrons. The number of imidazole rings is 1. The fourth-order valence-electron chi connectivity index (χ4n) is 3.16. The molecular weight excluding hydrogens is 340 g/mol. The molecule has 1 amide bonds. The van der Waals surface area contributed by atoms with Crippen LogP contribution in [0.25, 0.3) is 11.0 Å². The van der Waals surface area contributed by atoms with Crippen LogP contribution in [0.4, 0.5) is 0 Å². The fraction of sp³-hybridized carbons (Fsp3) is 0.200. The van der Waals surface area contributed by atoms with Gasteiger partial charge in [0, 0.05) is 31.5 Å². The Morgan fingerprint density at radius 2 is 2.00 bits per heavy atom. The lowest BCUT2D eigenvalue weighted by molar-refractivity contribution is 0.0941. The molecule has 1 N–H and O–H groups in total. The predicted octanol–water partition coefficient (Wildman–Crippen LogP) is 2.70. The Labute approximate surface area is 156 Å². The first-order valence-electron chi connectivity index (χ1n) is 8.83. The lowest BCUT2D eigenvalue weighted by Gasteiger charge is -2.19. The zero-order valence-electron chi connectivity index (χ0n) is 15.2. The summed E-state index contributed by atoms with van der Waals surface area (Å²) < 4.78 is 3.71. The minimum atomic E-state index is -0.347. The number of hydrogen-bond donors (Lipinski definition) is 1. The molecule has 0 fully saturated rings. The van der Waals surface area contributed by atoms with Crippen LogP contribution in [0.15, 0.2) is 60.9 Å². The van der Waals surface area contributed by atoms with Crippen LogP contribution in [-0.4, -0.2) is 30.5 Å². The maximum atomic E-state index is 13.0. The van der Waals surface area contributed by atoms with E-state index in [1.165, 1.54) is 0 Å². The number of nitrogens with zero attached hydrogens (tertiary/aromatic N) is 5. The van der Waals surface area contributed by atoms with Crippen LogP contribution in [-0.2, 0) is 13.6 Å². The van der Waals surface area contributed by atoms with Gasteiger partial charge in [0.1, 0.15) is 17.4 Å². The number of aryl methyl sites for hydroxylation is 2. The number of carbonyl (C=O) groups is 1. The van der Waals surface area contributed by atoms with E-state index < -0.39 is 0 Å². The predicted molar refractivity (Wildman–Crippen MR) is 102 cm³/mol. The third-order valence-corrected chi connectivity index (χ3v) is 4.60. The summed E-state index contributed by atoms with van der Waals surface area (Å²) in [7, 11) is 1.92. The minimum absolute atomic E-state index is 0.181. The average molecular weight is 360 g/mol. The van der Waals surface area contributed by atoms with Crippen molar-refractivity contribution >= 4 is 16.9 Å². The van der Waals surface area contributed by atoms with E-state index in [2.05, 4.69) is 20.6 Å². The molecule has 0 spiro atoms.